The van der Waals surface area contributed by atoms with Gasteiger partial charge in [0.05, 0.1) is 0 Å². The van der Waals surface area contributed by atoms with Gasteiger partial charge in [-0.2, -0.15) is 0 Å². The first-order chi connectivity index (χ1) is 15.7. The molecule has 0 radical (unpaired) electrons. The van der Waals surface area contributed by atoms with Crippen LogP contribution in [-0.2, 0) is 9.47 Å². The topological polar surface area (TPSA) is 36.9 Å². The molecule has 0 aliphatic rings. The Kier molecular flexibility index (Phi) is 6.90. The maximum atomic E-state index is 5.48. The smallest absolute Gasteiger partial charge is 0.188 e. The average Bonchev–Trinajstić information content (AvgIpc) is 2.83. The fourth-order valence-corrected chi connectivity index (χ4v) is 3.24. The summed E-state index contributed by atoms with van der Waals surface area (Å²) >= 11 is 0. The molecule has 0 fully saturated rings. The molecule has 0 spiro atoms. The molecule has 4 rings (SSSR count). The Balaban J connectivity index is 1.47. The third kappa shape index (κ3) is 5.39. The predicted molar refractivity (Wildman–Crippen MR) is 127 cm³/mol. The van der Waals surface area contributed by atoms with Crippen molar-refractivity contribution in [3.05, 3.63) is 83.9 Å². The van der Waals surface area contributed by atoms with Gasteiger partial charge in [-0.25, -0.2) is 0 Å². The predicted octanol–water partition coefficient (Wildman–Crippen LogP) is 5.36. The lowest BCUT2D eigenvalue weighted by atomic mass is 10.1. The number of hydrogen-bond donors (Lipinski definition) is 0. The zero-order valence-electron chi connectivity index (χ0n) is 18.0. The highest BCUT2D eigenvalue weighted by molar-refractivity contribution is 5.86. The van der Waals surface area contributed by atoms with E-state index in [2.05, 4.69) is 23.7 Å². The number of fused-ring (bicyclic) bond motifs is 2. The van der Waals surface area contributed by atoms with E-state index in [1.165, 1.54) is 0 Å². The zero-order chi connectivity index (χ0) is 22.2. The molecule has 4 heteroatoms. The Labute approximate surface area is 187 Å². The SMILES string of the molecule is COCOc1ccc2cc(C#CC#Cc3ccc4cc(OCOC)ccc4c3)ccc2c1. The minimum absolute atomic E-state index is 0.231. The van der Waals surface area contributed by atoms with Crippen LogP contribution in [0.15, 0.2) is 72.8 Å². The maximum absolute atomic E-state index is 5.48. The van der Waals surface area contributed by atoms with Gasteiger partial charge in [-0.15, -0.1) is 0 Å². The van der Waals surface area contributed by atoms with E-state index in [1.54, 1.807) is 14.2 Å². The third-order valence-corrected chi connectivity index (χ3v) is 4.79. The van der Waals surface area contributed by atoms with Crippen LogP contribution in [0.2, 0.25) is 0 Å². The highest BCUT2D eigenvalue weighted by Gasteiger charge is 2.00. The number of methoxy groups -OCH3 is 2. The molecule has 0 N–H and O–H groups in total. The molecular weight excluding hydrogens is 400 g/mol. The van der Waals surface area contributed by atoms with E-state index in [9.17, 15) is 0 Å². The molecule has 0 amide bonds. The first-order valence-electron chi connectivity index (χ1n) is 10.1. The second-order valence-corrected chi connectivity index (χ2v) is 7.05. The summed E-state index contributed by atoms with van der Waals surface area (Å²) in [5, 5.41) is 4.36. The molecular formula is C28H22O4. The summed E-state index contributed by atoms with van der Waals surface area (Å²) in [6.07, 6.45) is 0. The molecule has 158 valence electrons. The zero-order valence-corrected chi connectivity index (χ0v) is 18.0. The highest BCUT2D eigenvalue weighted by Crippen LogP contribution is 2.23. The van der Waals surface area contributed by atoms with Crippen molar-refractivity contribution in [1.82, 2.24) is 0 Å². The number of benzene rings is 4. The summed E-state index contributed by atoms with van der Waals surface area (Å²) in [7, 11) is 3.20. The van der Waals surface area contributed by atoms with Gasteiger partial charge in [0.25, 0.3) is 0 Å². The molecule has 0 bridgehead atoms. The van der Waals surface area contributed by atoms with E-state index in [0.717, 1.165) is 44.2 Å². The van der Waals surface area contributed by atoms with Crippen LogP contribution in [0.25, 0.3) is 21.5 Å². The van der Waals surface area contributed by atoms with E-state index in [1.807, 2.05) is 72.8 Å². The minimum Gasteiger partial charge on any atom is -0.468 e. The molecule has 0 heterocycles. The van der Waals surface area contributed by atoms with Crippen LogP contribution in [0.5, 0.6) is 11.5 Å². The van der Waals surface area contributed by atoms with Crippen molar-refractivity contribution in [3.8, 4) is 35.2 Å². The van der Waals surface area contributed by atoms with Crippen molar-refractivity contribution >= 4 is 21.5 Å². The normalized spacial score (nSPS) is 10.2. The van der Waals surface area contributed by atoms with Gasteiger partial charge >= 0.3 is 0 Å². The molecule has 0 saturated heterocycles. The Morgan fingerprint density at radius 2 is 0.938 bits per heavy atom. The van der Waals surface area contributed by atoms with E-state index in [0.29, 0.717) is 0 Å². The summed E-state index contributed by atoms with van der Waals surface area (Å²) in [4.78, 5) is 0. The first-order valence-corrected chi connectivity index (χ1v) is 10.1. The van der Waals surface area contributed by atoms with Crippen LogP contribution in [0.1, 0.15) is 11.1 Å². The van der Waals surface area contributed by atoms with Gasteiger partial charge in [-0.1, -0.05) is 36.1 Å². The maximum Gasteiger partial charge on any atom is 0.188 e. The molecule has 0 unspecified atom stereocenters. The van der Waals surface area contributed by atoms with E-state index in [-0.39, 0.29) is 13.6 Å². The van der Waals surface area contributed by atoms with Crippen LogP contribution in [0.4, 0.5) is 0 Å². The minimum atomic E-state index is 0.231. The van der Waals surface area contributed by atoms with Gasteiger partial charge in [0.15, 0.2) is 13.6 Å². The number of ether oxygens (including phenoxy) is 4. The lowest BCUT2D eigenvalue weighted by Gasteiger charge is -2.06. The third-order valence-electron chi connectivity index (χ3n) is 4.79. The molecule has 32 heavy (non-hydrogen) atoms. The fraction of sp³-hybridized carbons (Fsp3) is 0.143. The van der Waals surface area contributed by atoms with E-state index < -0.39 is 0 Å². The van der Waals surface area contributed by atoms with E-state index in [4.69, 9.17) is 18.9 Å². The molecule has 0 aliphatic heterocycles. The standard InChI is InChI=1S/C28H22O4/c1-29-19-31-27-13-11-23-15-21(7-9-25(23)17-27)5-3-4-6-22-8-10-26-18-28(32-20-30-2)14-12-24(26)16-22/h7-18H,19-20H2,1-2H3. The summed E-state index contributed by atoms with van der Waals surface area (Å²) < 4.78 is 20.8. The molecule has 0 saturated carbocycles. The van der Waals surface area contributed by atoms with Crippen molar-refractivity contribution in [2.24, 2.45) is 0 Å². The molecule has 4 aromatic carbocycles. The molecule has 0 aromatic heterocycles. The fourth-order valence-electron chi connectivity index (χ4n) is 3.24. The van der Waals surface area contributed by atoms with Crippen molar-refractivity contribution < 1.29 is 18.9 Å². The Bertz CT molecular complexity index is 1260. The molecule has 0 atom stereocenters. The van der Waals surface area contributed by atoms with Gasteiger partial charge in [-0.3, -0.25) is 0 Å². The molecule has 4 aromatic rings. The second-order valence-electron chi connectivity index (χ2n) is 7.05. The van der Waals surface area contributed by atoms with Crippen LogP contribution in [0.3, 0.4) is 0 Å². The lowest BCUT2D eigenvalue weighted by molar-refractivity contribution is 0.0510. The van der Waals surface area contributed by atoms with E-state index >= 15 is 0 Å². The largest absolute Gasteiger partial charge is 0.468 e. The van der Waals surface area contributed by atoms with Gasteiger partial charge in [0.2, 0.25) is 0 Å². The summed E-state index contributed by atoms with van der Waals surface area (Å²) in [6, 6.07) is 23.9. The van der Waals surface area contributed by atoms with Gasteiger partial charge in [-0.05, 0) is 81.9 Å². The molecule has 0 aliphatic carbocycles. The Hall–Kier alpha value is -3.96. The van der Waals surface area contributed by atoms with Crippen LogP contribution in [0, 0.1) is 23.7 Å². The Morgan fingerprint density at radius 3 is 1.38 bits per heavy atom. The van der Waals surface area contributed by atoms with Crippen LogP contribution in [-0.4, -0.2) is 27.8 Å². The average molecular weight is 422 g/mol. The van der Waals surface area contributed by atoms with Gasteiger partial charge in [0.1, 0.15) is 11.5 Å². The lowest BCUT2D eigenvalue weighted by Crippen LogP contribution is -1.98. The number of hydrogen-bond acceptors (Lipinski definition) is 4. The number of rotatable bonds is 6. The van der Waals surface area contributed by atoms with Gasteiger partial charge in [0, 0.05) is 25.3 Å². The quantitative estimate of drug-likeness (QED) is 0.310. The van der Waals surface area contributed by atoms with Crippen LogP contribution >= 0.6 is 0 Å². The summed E-state index contributed by atoms with van der Waals surface area (Å²) in [6.45, 7) is 0.462. The van der Waals surface area contributed by atoms with Crippen molar-refractivity contribution in [1.29, 1.82) is 0 Å². The van der Waals surface area contributed by atoms with Crippen molar-refractivity contribution in [2.75, 3.05) is 27.8 Å². The van der Waals surface area contributed by atoms with Crippen molar-refractivity contribution in [3.63, 3.8) is 0 Å². The monoisotopic (exact) mass is 422 g/mol. The summed E-state index contributed by atoms with van der Waals surface area (Å²) in [5.41, 5.74) is 1.83. The van der Waals surface area contributed by atoms with Crippen LogP contribution < -0.4 is 9.47 Å². The first kappa shape index (κ1) is 21.3. The second kappa shape index (κ2) is 10.4. The Morgan fingerprint density at radius 1 is 0.531 bits per heavy atom. The highest BCUT2D eigenvalue weighted by atomic mass is 16.7. The summed E-state index contributed by atoms with van der Waals surface area (Å²) in [5.74, 6) is 13.7. The van der Waals surface area contributed by atoms with Crippen molar-refractivity contribution in [2.45, 2.75) is 0 Å². The van der Waals surface area contributed by atoms with Gasteiger partial charge < -0.3 is 18.9 Å². The molecule has 4 nitrogen and oxygen atoms in total.